The molecule has 2 rings (SSSR count). The number of benzene rings is 2. The lowest BCUT2D eigenvalue weighted by Gasteiger charge is -2.07. The van der Waals surface area contributed by atoms with Gasteiger partial charge in [-0.15, -0.1) is 0 Å². The van der Waals surface area contributed by atoms with Crippen molar-refractivity contribution in [3.8, 4) is 0 Å². The molecule has 0 heterocycles. The maximum Gasteiger partial charge on any atom is 0.338 e. The van der Waals surface area contributed by atoms with Crippen LogP contribution >= 0.6 is 15.9 Å². The van der Waals surface area contributed by atoms with E-state index in [1.165, 1.54) is 24.3 Å². The van der Waals surface area contributed by atoms with Crippen molar-refractivity contribution in [1.82, 2.24) is 0 Å². The second-order valence-electron chi connectivity index (χ2n) is 4.37. The van der Waals surface area contributed by atoms with E-state index in [1.807, 2.05) is 0 Å². The van der Waals surface area contributed by atoms with Crippen LogP contribution in [-0.2, 0) is 9.53 Å². The third kappa shape index (κ3) is 4.53. The van der Waals surface area contributed by atoms with Crippen LogP contribution in [0.5, 0.6) is 0 Å². The van der Waals surface area contributed by atoms with Gasteiger partial charge >= 0.3 is 5.97 Å². The van der Waals surface area contributed by atoms with Crippen molar-refractivity contribution in [3.63, 3.8) is 0 Å². The zero-order valence-corrected chi connectivity index (χ0v) is 13.0. The van der Waals surface area contributed by atoms with Crippen LogP contribution in [0.3, 0.4) is 0 Å². The van der Waals surface area contributed by atoms with Crippen LogP contribution < -0.4 is 5.32 Å². The molecule has 1 N–H and O–H groups in total. The van der Waals surface area contributed by atoms with Crippen molar-refractivity contribution in [2.24, 2.45) is 0 Å². The molecule has 22 heavy (non-hydrogen) atoms. The number of anilines is 1. The number of amides is 1. The lowest BCUT2D eigenvalue weighted by atomic mass is 10.1. The average molecular weight is 362 g/mol. The second-order valence-corrected chi connectivity index (χ2v) is 5.29. The summed E-state index contributed by atoms with van der Waals surface area (Å²) in [5.74, 6) is -1.05. The predicted octanol–water partition coefficient (Wildman–Crippen LogP) is 3.06. The van der Waals surface area contributed by atoms with E-state index in [0.29, 0.717) is 17.5 Å². The first-order valence-electron chi connectivity index (χ1n) is 6.36. The minimum Gasteiger partial charge on any atom is -0.452 e. The summed E-state index contributed by atoms with van der Waals surface area (Å²) in [6.45, 7) is -0.385. The van der Waals surface area contributed by atoms with Gasteiger partial charge in [-0.3, -0.25) is 9.59 Å². The Morgan fingerprint density at radius 3 is 2.27 bits per heavy atom. The number of halogens is 1. The van der Waals surface area contributed by atoms with Crippen LogP contribution in [0.4, 0.5) is 5.69 Å². The Hall–Kier alpha value is -2.47. The molecule has 0 aliphatic carbocycles. The number of hydrogen-bond donors (Lipinski definition) is 1. The van der Waals surface area contributed by atoms with Gasteiger partial charge in [0.05, 0.1) is 5.56 Å². The molecular formula is C16H12BrNO4. The second kappa shape index (κ2) is 7.51. The molecule has 0 fully saturated rings. The molecule has 0 atom stereocenters. The van der Waals surface area contributed by atoms with Crippen LogP contribution in [0, 0.1) is 0 Å². The van der Waals surface area contributed by atoms with Crippen LogP contribution in [-0.4, -0.2) is 24.8 Å². The summed E-state index contributed by atoms with van der Waals surface area (Å²) >= 11 is 3.29. The van der Waals surface area contributed by atoms with E-state index in [2.05, 4.69) is 21.2 Å². The first-order chi connectivity index (χ1) is 10.6. The summed E-state index contributed by atoms with van der Waals surface area (Å²) in [6, 6.07) is 13.0. The van der Waals surface area contributed by atoms with Gasteiger partial charge in [-0.2, -0.15) is 0 Å². The summed E-state index contributed by atoms with van der Waals surface area (Å²) in [5, 5.41) is 2.61. The first kappa shape index (κ1) is 15.9. The van der Waals surface area contributed by atoms with Crippen LogP contribution in [0.15, 0.2) is 53.0 Å². The van der Waals surface area contributed by atoms with Crippen molar-refractivity contribution in [1.29, 1.82) is 0 Å². The van der Waals surface area contributed by atoms with E-state index in [1.54, 1.807) is 24.3 Å². The van der Waals surface area contributed by atoms with Crippen LogP contribution in [0.2, 0.25) is 0 Å². The SMILES string of the molecule is O=Cc1ccc(C(=O)OCC(=O)Nc2ccc(Br)cc2)cc1. The van der Waals surface area contributed by atoms with Crippen molar-refractivity contribution in [2.45, 2.75) is 0 Å². The number of aldehydes is 1. The van der Waals surface area contributed by atoms with E-state index in [0.717, 1.165) is 4.47 Å². The minimum absolute atomic E-state index is 0.280. The highest BCUT2D eigenvalue weighted by atomic mass is 79.9. The molecule has 0 unspecified atom stereocenters. The predicted molar refractivity (Wildman–Crippen MR) is 84.9 cm³/mol. The summed E-state index contributed by atoms with van der Waals surface area (Å²) in [4.78, 5) is 34.0. The van der Waals surface area contributed by atoms with Gasteiger partial charge in [0.15, 0.2) is 6.61 Å². The maximum absolute atomic E-state index is 11.7. The Bertz CT molecular complexity index is 680. The average Bonchev–Trinajstić information content (AvgIpc) is 2.55. The molecule has 0 aliphatic heterocycles. The fraction of sp³-hybridized carbons (Fsp3) is 0.0625. The Labute approximate surface area is 135 Å². The van der Waals surface area contributed by atoms with Gasteiger partial charge in [0.25, 0.3) is 5.91 Å². The standard InChI is InChI=1S/C16H12BrNO4/c17-13-5-7-14(8-6-13)18-15(20)10-22-16(21)12-3-1-11(9-19)2-4-12/h1-9H,10H2,(H,18,20). The monoisotopic (exact) mass is 361 g/mol. The van der Waals surface area contributed by atoms with E-state index < -0.39 is 11.9 Å². The number of carbonyl (C=O) groups is 3. The molecule has 0 spiro atoms. The summed E-state index contributed by atoms with van der Waals surface area (Å²) in [5.41, 5.74) is 1.35. The van der Waals surface area contributed by atoms with E-state index in [4.69, 9.17) is 4.74 Å². The number of ether oxygens (including phenoxy) is 1. The largest absolute Gasteiger partial charge is 0.452 e. The fourth-order valence-electron chi connectivity index (χ4n) is 1.64. The van der Waals surface area contributed by atoms with Gasteiger partial charge in [-0.05, 0) is 36.4 Å². The lowest BCUT2D eigenvalue weighted by molar-refractivity contribution is -0.119. The summed E-state index contributed by atoms with van der Waals surface area (Å²) in [7, 11) is 0. The highest BCUT2D eigenvalue weighted by Crippen LogP contribution is 2.14. The molecule has 0 aliphatic rings. The molecule has 5 nitrogen and oxygen atoms in total. The Balaban J connectivity index is 1.85. The number of carbonyl (C=O) groups excluding carboxylic acids is 3. The van der Waals surface area contributed by atoms with E-state index >= 15 is 0 Å². The molecular weight excluding hydrogens is 350 g/mol. The summed E-state index contributed by atoms with van der Waals surface area (Å²) in [6.07, 6.45) is 0.681. The molecule has 0 radical (unpaired) electrons. The Morgan fingerprint density at radius 1 is 1.05 bits per heavy atom. The third-order valence-corrected chi connectivity index (χ3v) is 3.27. The molecule has 1 amide bonds. The molecule has 0 bridgehead atoms. The Kier molecular flexibility index (Phi) is 5.43. The van der Waals surface area contributed by atoms with Gasteiger partial charge in [-0.1, -0.05) is 28.1 Å². The molecule has 6 heteroatoms. The van der Waals surface area contributed by atoms with Crippen molar-refractivity contribution < 1.29 is 19.1 Å². The van der Waals surface area contributed by atoms with Gasteiger partial charge in [0.2, 0.25) is 0 Å². The van der Waals surface area contributed by atoms with Crippen LogP contribution in [0.25, 0.3) is 0 Å². The van der Waals surface area contributed by atoms with Gasteiger partial charge in [0, 0.05) is 15.7 Å². The van der Waals surface area contributed by atoms with Gasteiger partial charge in [-0.25, -0.2) is 4.79 Å². The number of rotatable bonds is 5. The number of hydrogen-bond acceptors (Lipinski definition) is 4. The number of nitrogens with one attached hydrogen (secondary N) is 1. The van der Waals surface area contributed by atoms with Crippen molar-refractivity contribution >= 4 is 39.8 Å². The first-order valence-corrected chi connectivity index (χ1v) is 7.15. The topological polar surface area (TPSA) is 72.5 Å². The Morgan fingerprint density at radius 2 is 1.68 bits per heavy atom. The maximum atomic E-state index is 11.7. The van der Waals surface area contributed by atoms with E-state index in [9.17, 15) is 14.4 Å². The van der Waals surface area contributed by atoms with Gasteiger partial charge in [0.1, 0.15) is 6.29 Å². The fourth-order valence-corrected chi connectivity index (χ4v) is 1.91. The van der Waals surface area contributed by atoms with Gasteiger partial charge < -0.3 is 10.1 Å². The highest BCUT2D eigenvalue weighted by Gasteiger charge is 2.10. The molecule has 2 aromatic carbocycles. The highest BCUT2D eigenvalue weighted by molar-refractivity contribution is 9.10. The third-order valence-electron chi connectivity index (χ3n) is 2.74. The summed E-state index contributed by atoms with van der Waals surface area (Å²) < 4.78 is 5.81. The zero-order valence-electron chi connectivity index (χ0n) is 11.4. The van der Waals surface area contributed by atoms with E-state index in [-0.39, 0.29) is 12.2 Å². The minimum atomic E-state index is -0.622. The lowest BCUT2D eigenvalue weighted by Crippen LogP contribution is -2.20. The molecule has 0 saturated carbocycles. The quantitative estimate of drug-likeness (QED) is 0.656. The molecule has 112 valence electrons. The molecule has 0 saturated heterocycles. The smallest absolute Gasteiger partial charge is 0.338 e. The van der Waals surface area contributed by atoms with Crippen molar-refractivity contribution in [2.75, 3.05) is 11.9 Å². The van der Waals surface area contributed by atoms with Crippen LogP contribution in [0.1, 0.15) is 20.7 Å². The molecule has 2 aromatic rings. The number of esters is 1. The zero-order chi connectivity index (χ0) is 15.9. The van der Waals surface area contributed by atoms with Crippen molar-refractivity contribution in [3.05, 3.63) is 64.1 Å². The molecule has 0 aromatic heterocycles. The normalized spacial score (nSPS) is 9.86.